The molecule has 1 aromatic carbocycles. The number of halogens is 1. The van der Waals surface area contributed by atoms with Crippen molar-refractivity contribution in [2.75, 3.05) is 6.54 Å². The molecule has 0 spiro atoms. The van der Waals surface area contributed by atoms with Gasteiger partial charge < -0.3 is 9.31 Å². The van der Waals surface area contributed by atoms with Crippen LogP contribution in [0, 0.1) is 0 Å². The van der Waals surface area contributed by atoms with E-state index < -0.39 is 23.9 Å². The summed E-state index contributed by atoms with van der Waals surface area (Å²) >= 11 is 0. The number of fused-ring (bicyclic) bond motifs is 1. The number of nitrogens with zero attached hydrogens (tertiary/aromatic N) is 1. The van der Waals surface area contributed by atoms with Gasteiger partial charge in [0.05, 0.1) is 11.2 Å². The first-order valence-electron chi connectivity index (χ1n) is 9.08. The van der Waals surface area contributed by atoms with Gasteiger partial charge >= 0.3 is 7.12 Å². The first-order chi connectivity index (χ1) is 11.5. The van der Waals surface area contributed by atoms with Gasteiger partial charge in [-0.05, 0) is 65.2 Å². The Balaban J connectivity index is 1.76. The Morgan fingerprint density at radius 2 is 1.68 bits per heavy atom. The molecule has 2 heterocycles. The highest BCUT2D eigenvalue weighted by Crippen LogP contribution is 2.39. The van der Waals surface area contributed by atoms with Crippen molar-refractivity contribution in [2.24, 2.45) is 0 Å². The van der Waals surface area contributed by atoms with Crippen LogP contribution in [-0.4, -0.2) is 35.3 Å². The number of hydrogen-bond acceptors (Lipinski definition) is 3. The Morgan fingerprint density at radius 3 is 2.28 bits per heavy atom. The second-order valence-electron chi connectivity index (χ2n) is 8.71. The fourth-order valence-electron chi connectivity index (χ4n) is 3.44. The van der Waals surface area contributed by atoms with Crippen molar-refractivity contribution in [2.45, 2.75) is 71.2 Å². The maximum absolute atomic E-state index is 14.9. The summed E-state index contributed by atoms with van der Waals surface area (Å²) < 4.78 is 26.6. The molecule has 0 N–H and O–H groups in total. The standard InChI is InChI=1S/C20H29BFNO2/c1-18(2,23-12-11-15-9-7-8-10-16(15)14-23)13-17(22)21-24-19(3,4)20(5,6)25-21/h7-10,13H,11-12,14H2,1-6H3. The predicted octanol–water partition coefficient (Wildman–Crippen LogP) is 4.31. The summed E-state index contributed by atoms with van der Waals surface area (Å²) in [6.07, 6.45) is 2.65. The molecule has 1 saturated heterocycles. The minimum absolute atomic E-state index is 0.345. The summed E-state index contributed by atoms with van der Waals surface area (Å²) in [4.78, 5) is 2.31. The topological polar surface area (TPSA) is 21.7 Å². The maximum atomic E-state index is 14.9. The molecule has 0 radical (unpaired) electrons. The molecule has 1 aromatic rings. The lowest BCUT2D eigenvalue weighted by atomic mass is 9.83. The van der Waals surface area contributed by atoms with Crippen molar-refractivity contribution in [1.29, 1.82) is 0 Å². The van der Waals surface area contributed by atoms with E-state index in [4.69, 9.17) is 9.31 Å². The zero-order valence-corrected chi connectivity index (χ0v) is 16.2. The Kier molecular flexibility index (Phi) is 4.63. The number of hydrogen-bond donors (Lipinski definition) is 0. The first kappa shape index (κ1) is 18.6. The van der Waals surface area contributed by atoms with E-state index >= 15 is 0 Å². The van der Waals surface area contributed by atoms with Gasteiger partial charge in [0, 0.05) is 18.6 Å². The Bertz CT molecular complexity index is 668. The summed E-state index contributed by atoms with van der Waals surface area (Å²) in [6, 6.07) is 8.49. The highest BCUT2D eigenvalue weighted by Gasteiger charge is 2.53. The third-order valence-corrected chi connectivity index (χ3v) is 5.92. The van der Waals surface area contributed by atoms with Gasteiger partial charge in [-0.25, -0.2) is 4.39 Å². The van der Waals surface area contributed by atoms with E-state index in [9.17, 15) is 4.39 Å². The molecule has 0 aliphatic carbocycles. The second kappa shape index (κ2) is 6.22. The van der Waals surface area contributed by atoms with E-state index in [-0.39, 0.29) is 5.73 Å². The maximum Gasteiger partial charge on any atom is 0.524 e. The van der Waals surface area contributed by atoms with Crippen molar-refractivity contribution < 1.29 is 13.7 Å². The molecule has 1 fully saturated rings. The smallest absolute Gasteiger partial charge is 0.398 e. The van der Waals surface area contributed by atoms with Gasteiger partial charge in [0.25, 0.3) is 0 Å². The van der Waals surface area contributed by atoms with Crippen molar-refractivity contribution >= 4 is 7.12 Å². The molecule has 25 heavy (non-hydrogen) atoms. The van der Waals surface area contributed by atoms with Gasteiger partial charge in [-0.3, -0.25) is 4.90 Å². The molecule has 136 valence electrons. The normalized spacial score (nSPS) is 23.6. The molecule has 0 bridgehead atoms. The molecule has 0 atom stereocenters. The predicted molar refractivity (Wildman–Crippen MR) is 99.9 cm³/mol. The van der Waals surface area contributed by atoms with Gasteiger partial charge in [0.1, 0.15) is 5.73 Å². The molecule has 0 unspecified atom stereocenters. The molecule has 0 saturated carbocycles. The van der Waals surface area contributed by atoms with Gasteiger partial charge in [0.15, 0.2) is 0 Å². The van der Waals surface area contributed by atoms with E-state index in [1.54, 1.807) is 6.08 Å². The fourth-order valence-corrected chi connectivity index (χ4v) is 3.44. The lowest BCUT2D eigenvalue weighted by Gasteiger charge is -2.40. The van der Waals surface area contributed by atoms with Gasteiger partial charge in [-0.1, -0.05) is 24.3 Å². The summed E-state index contributed by atoms with van der Waals surface area (Å²) in [5, 5.41) is 0. The monoisotopic (exact) mass is 345 g/mol. The molecule has 3 nitrogen and oxygen atoms in total. The minimum Gasteiger partial charge on any atom is -0.398 e. The largest absolute Gasteiger partial charge is 0.524 e. The van der Waals surface area contributed by atoms with E-state index in [0.717, 1.165) is 19.5 Å². The minimum atomic E-state index is -0.929. The molecule has 0 aromatic heterocycles. The molecule has 2 aliphatic rings. The lowest BCUT2D eigenvalue weighted by molar-refractivity contribution is 0.00578. The Hall–Kier alpha value is -1.17. The molecule has 3 rings (SSSR count). The third-order valence-electron chi connectivity index (χ3n) is 5.92. The van der Waals surface area contributed by atoms with Crippen LogP contribution in [0.3, 0.4) is 0 Å². The van der Waals surface area contributed by atoms with Crippen molar-refractivity contribution in [3.63, 3.8) is 0 Å². The van der Waals surface area contributed by atoms with Crippen LogP contribution < -0.4 is 0 Å². The first-order valence-corrected chi connectivity index (χ1v) is 9.08. The molecule has 2 aliphatic heterocycles. The van der Waals surface area contributed by atoms with Crippen LogP contribution in [0.5, 0.6) is 0 Å². The summed E-state index contributed by atoms with van der Waals surface area (Å²) in [5.41, 5.74) is 0.897. The van der Waals surface area contributed by atoms with Crippen molar-refractivity contribution in [1.82, 2.24) is 4.90 Å². The van der Waals surface area contributed by atoms with Crippen LogP contribution in [0.15, 0.2) is 36.1 Å². The Morgan fingerprint density at radius 1 is 1.12 bits per heavy atom. The van der Waals surface area contributed by atoms with E-state index in [1.165, 1.54) is 11.1 Å². The van der Waals surface area contributed by atoms with Crippen LogP contribution in [-0.2, 0) is 22.3 Å². The summed E-state index contributed by atoms with van der Waals surface area (Å²) in [7, 11) is -0.929. The number of rotatable bonds is 3. The average molecular weight is 345 g/mol. The van der Waals surface area contributed by atoms with Crippen LogP contribution in [0.25, 0.3) is 0 Å². The van der Waals surface area contributed by atoms with Gasteiger partial charge in [-0.15, -0.1) is 0 Å². The van der Waals surface area contributed by atoms with Crippen LogP contribution >= 0.6 is 0 Å². The van der Waals surface area contributed by atoms with Gasteiger partial charge in [-0.2, -0.15) is 0 Å². The van der Waals surface area contributed by atoms with Gasteiger partial charge in [0.2, 0.25) is 0 Å². The zero-order valence-electron chi connectivity index (χ0n) is 16.2. The Labute approximate surface area is 151 Å². The van der Waals surface area contributed by atoms with Crippen molar-refractivity contribution in [3.8, 4) is 0 Å². The fraction of sp³-hybridized carbons (Fsp3) is 0.600. The SMILES string of the molecule is CC(C)(C=C(F)B1OC(C)(C)C(C)(C)O1)N1CCc2ccccc2C1. The third kappa shape index (κ3) is 3.55. The number of benzene rings is 1. The van der Waals surface area contributed by atoms with E-state index in [2.05, 4.69) is 29.2 Å². The second-order valence-corrected chi connectivity index (χ2v) is 8.71. The molecular formula is C20H29BFNO2. The summed E-state index contributed by atoms with van der Waals surface area (Å²) in [6.45, 7) is 13.6. The highest BCUT2D eigenvalue weighted by molar-refractivity contribution is 6.53. The van der Waals surface area contributed by atoms with Crippen molar-refractivity contribution in [3.05, 3.63) is 47.2 Å². The van der Waals surface area contributed by atoms with E-state index in [1.807, 2.05) is 41.5 Å². The quantitative estimate of drug-likeness (QED) is 0.762. The average Bonchev–Trinajstić information content (AvgIpc) is 2.75. The van der Waals surface area contributed by atoms with Crippen LogP contribution in [0.1, 0.15) is 52.7 Å². The van der Waals surface area contributed by atoms with E-state index in [0.29, 0.717) is 0 Å². The highest BCUT2D eigenvalue weighted by atomic mass is 19.1. The zero-order chi connectivity index (χ0) is 18.5. The molecular weight excluding hydrogens is 316 g/mol. The molecule has 0 amide bonds. The van der Waals surface area contributed by atoms with Crippen LogP contribution in [0.2, 0.25) is 0 Å². The van der Waals surface area contributed by atoms with Crippen LogP contribution in [0.4, 0.5) is 4.39 Å². The summed E-state index contributed by atoms with van der Waals surface area (Å²) in [5.74, 6) is 0. The molecule has 5 heteroatoms. The lowest BCUT2D eigenvalue weighted by Crippen LogP contribution is -2.45.